The van der Waals surface area contributed by atoms with Crippen LogP contribution in [0.3, 0.4) is 0 Å². The van der Waals surface area contributed by atoms with Crippen molar-refractivity contribution >= 4 is 5.91 Å². The van der Waals surface area contributed by atoms with Gasteiger partial charge in [-0.2, -0.15) is 23.4 Å². The molecule has 1 fully saturated rings. The fourth-order valence-corrected chi connectivity index (χ4v) is 4.35. The number of aromatic nitrogens is 5. The lowest BCUT2D eigenvalue weighted by Gasteiger charge is -2.24. The highest BCUT2D eigenvalue weighted by atomic mass is 19.4. The van der Waals surface area contributed by atoms with Crippen LogP contribution in [0.2, 0.25) is 0 Å². The minimum absolute atomic E-state index is 0.213. The number of pyridine rings is 1. The van der Waals surface area contributed by atoms with Crippen molar-refractivity contribution in [3.8, 4) is 11.3 Å². The number of amides is 1. The fraction of sp³-hybridized carbons (Fsp3) is 0.455. The molecule has 168 valence electrons. The van der Waals surface area contributed by atoms with Gasteiger partial charge in [0.05, 0.1) is 23.1 Å². The molecule has 0 radical (unpaired) electrons. The smallest absolute Gasteiger partial charge is 0.342 e. The Bertz CT molecular complexity index is 1160. The lowest BCUT2D eigenvalue weighted by Crippen LogP contribution is -2.33. The average Bonchev–Trinajstić information content (AvgIpc) is 3.30. The van der Waals surface area contributed by atoms with Crippen LogP contribution in [0, 0.1) is 0 Å². The van der Waals surface area contributed by atoms with Gasteiger partial charge in [-0.25, -0.2) is 0 Å². The first kappa shape index (κ1) is 20.7. The van der Waals surface area contributed by atoms with E-state index in [4.69, 9.17) is 0 Å². The van der Waals surface area contributed by atoms with Crippen molar-refractivity contribution < 1.29 is 18.0 Å². The van der Waals surface area contributed by atoms with Crippen LogP contribution in [0.5, 0.6) is 0 Å². The molecule has 5 rings (SSSR count). The van der Waals surface area contributed by atoms with Gasteiger partial charge in [0.25, 0.3) is 5.91 Å². The van der Waals surface area contributed by atoms with Crippen molar-refractivity contribution in [2.75, 3.05) is 0 Å². The summed E-state index contributed by atoms with van der Waals surface area (Å²) in [6.07, 6.45) is 1.56. The molecule has 1 saturated carbocycles. The standard InChI is InChI=1S/C22H23F3N6O/c1-30-19(12-16(28-30)13-4-2-5-13)21(32)27-15-6-3-9-31-18(15)11-17(29-31)14-7-8-26-20(10-14)22(23,24)25/h7-8,10-13,15H,2-6,9H2,1H3,(H,27,32). The molecule has 32 heavy (non-hydrogen) atoms. The van der Waals surface area contributed by atoms with Gasteiger partial charge in [0, 0.05) is 31.3 Å². The number of halogens is 3. The van der Waals surface area contributed by atoms with E-state index in [0.717, 1.165) is 49.3 Å². The highest BCUT2D eigenvalue weighted by molar-refractivity contribution is 5.93. The van der Waals surface area contributed by atoms with Crippen molar-refractivity contribution in [3.05, 3.63) is 53.2 Å². The number of nitrogens with one attached hydrogen (secondary N) is 1. The summed E-state index contributed by atoms with van der Waals surface area (Å²) in [6.45, 7) is 0.649. The van der Waals surface area contributed by atoms with Crippen LogP contribution in [-0.4, -0.2) is 30.5 Å². The summed E-state index contributed by atoms with van der Waals surface area (Å²) in [4.78, 5) is 16.4. The van der Waals surface area contributed by atoms with E-state index in [1.807, 2.05) is 6.07 Å². The summed E-state index contributed by atoms with van der Waals surface area (Å²) < 4.78 is 42.5. The second kappa shape index (κ2) is 7.75. The SMILES string of the molecule is Cn1nc(C2CCC2)cc1C(=O)NC1CCCn2nc(-c3ccnc(C(F)(F)F)c3)cc21. The average molecular weight is 444 g/mol. The number of fused-ring (bicyclic) bond motifs is 1. The van der Waals surface area contributed by atoms with E-state index in [0.29, 0.717) is 29.4 Å². The molecule has 1 N–H and O–H groups in total. The van der Waals surface area contributed by atoms with Crippen LogP contribution >= 0.6 is 0 Å². The van der Waals surface area contributed by atoms with Gasteiger partial charge in [-0.15, -0.1) is 0 Å². The normalized spacial score (nSPS) is 18.8. The van der Waals surface area contributed by atoms with E-state index in [9.17, 15) is 18.0 Å². The quantitative estimate of drug-likeness (QED) is 0.653. The summed E-state index contributed by atoms with van der Waals surface area (Å²) in [5.74, 6) is 0.221. The van der Waals surface area contributed by atoms with Gasteiger partial charge in [0.2, 0.25) is 0 Å². The van der Waals surface area contributed by atoms with Crippen LogP contribution in [0.15, 0.2) is 30.5 Å². The number of carbonyl (C=O) groups excluding carboxylic acids is 1. The van der Waals surface area contributed by atoms with Crippen molar-refractivity contribution in [2.45, 2.75) is 56.8 Å². The molecule has 3 aromatic rings. The van der Waals surface area contributed by atoms with Gasteiger partial charge in [0.1, 0.15) is 11.4 Å². The van der Waals surface area contributed by atoms with Crippen LogP contribution in [-0.2, 0) is 19.8 Å². The Morgan fingerprint density at radius 1 is 1.12 bits per heavy atom. The minimum atomic E-state index is -4.52. The molecule has 0 saturated heterocycles. The summed E-state index contributed by atoms with van der Waals surface area (Å²) >= 11 is 0. The van der Waals surface area contributed by atoms with Crippen molar-refractivity contribution in [1.29, 1.82) is 0 Å². The molecule has 0 aromatic carbocycles. The first-order valence-corrected chi connectivity index (χ1v) is 10.8. The Kier molecular flexibility index (Phi) is 5.02. The number of alkyl halides is 3. The van der Waals surface area contributed by atoms with Gasteiger partial charge in [-0.1, -0.05) is 6.42 Å². The molecule has 0 bridgehead atoms. The Labute approximate surface area is 182 Å². The topological polar surface area (TPSA) is 77.6 Å². The van der Waals surface area contributed by atoms with Gasteiger partial charge >= 0.3 is 6.18 Å². The summed E-state index contributed by atoms with van der Waals surface area (Å²) in [5.41, 5.74) is 2.07. The summed E-state index contributed by atoms with van der Waals surface area (Å²) in [6, 6.07) is 5.85. The third-order valence-corrected chi connectivity index (χ3v) is 6.34. The van der Waals surface area contributed by atoms with E-state index < -0.39 is 11.9 Å². The van der Waals surface area contributed by atoms with Crippen LogP contribution < -0.4 is 5.32 Å². The minimum Gasteiger partial charge on any atom is -0.342 e. The molecule has 0 spiro atoms. The molecule has 1 aliphatic heterocycles. The predicted octanol–water partition coefficient (Wildman–Crippen LogP) is 4.23. The van der Waals surface area contributed by atoms with Gasteiger partial charge < -0.3 is 5.32 Å². The predicted molar refractivity (Wildman–Crippen MR) is 110 cm³/mol. The zero-order valence-electron chi connectivity index (χ0n) is 17.6. The first-order chi connectivity index (χ1) is 15.3. The molecule has 1 amide bonds. The maximum atomic E-state index is 13.0. The van der Waals surface area contributed by atoms with Crippen molar-refractivity contribution in [2.24, 2.45) is 7.05 Å². The zero-order chi connectivity index (χ0) is 22.5. The van der Waals surface area contributed by atoms with Crippen molar-refractivity contribution in [1.82, 2.24) is 29.9 Å². The van der Waals surface area contributed by atoms with Gasteiger partial charge in [-0.05, 0) is 49.9 Å². The molecule has 7 nitrogen and oxygen atoms in total. The zero-order valence-corrected chi connectivity index (χ0v) is 17.6. The molecule has 1 aliphatic carbocycles. The third kappa shape index (κ3) is 3.78. The molecular weight excluding hydrogens is 421 g/mol. The van der Waals surface area contributed by atoms with E-state index in [-0.39, 0.29) is 11.9 Å². The van der Waals surface area contributed by atoms with E-state index >= 15 is 0 Å². The van der Waals surface area contributed by atoms with Gasteiger partial charge in [0.15, 0.2) is 0 Å². The van der Waals surface area contributed by atoms with E-state index in [1.165, 1.54) is 12.5 Å². The maximum Gasteiger partial charge on any atom is 0.433 e. The Balaban J connectivity index is 1.38. The molecular formula is C22H23F3N6O. The lowest BCUT2D eigenvalue weighted by atomic mass is 9.83. The second-order valence-electron chi connectivity index (χ2n) is 8.48. The number of nitrogens with zero attached hydrogens (tertiary/aromatic N) is 5. The summed E-state index contributed by atoms with van der Waals surface area (Å²) in [5, 5.41) is 12.1. The fourth-order valence-electron chi connectivity index (χ4n) is 4.35. The van der Waals surface area contributed by atoms with Gasteiger partial charge in [-0.3, -0.25) is 19.1 Å². The molecule has 1 unspecified atom stereocenters. The number of hydrogen-bond donors (Lipinski definition) is 1. The van der Waals surface area contributed by atoms with E-state index in [2.05, 4.69) is 20.5 Å². The number of aryl methyl sites for hydroxylation is 2. The Morgan fingerprint density at radius 2 is 1.94 bits per heavy atom. The molecule has 4 heterocycles. The molecule has 10 heteroatoms. The number of carbonyl (C=O) groups is 1. The Hall–Kier alpha value is -3.17. The molecule has 2 aliphatic rings. The highest BCUT2D eigenvalue weighted by Crippen LogP contribution is 2.36. The number of rotatable bonds is 4. The maximum absolute atomic E-state index is 13.0. The third-order valence-electron chi connectivity index (χ3n) is 6.34. The van der Waals surface area contributed by atoms with Crippen molar-refractivity contribution in [3.63, 3.8) is 0 Å². The molecule has 3 aromatic heterocycles. The molecule has 1 atom stereocenters. The Morgan fingerprint density at radius 3 is 2.66 bits per heavy atom. The number of hydrogen-bond acceptors (Lipinski definition) is 4. The van der Waals surface area contributed by atoms with Crippen LogP contribution in [0.1, 0.15) is 71.6 Å². The largest absolute Gasteiger partial charge is 0.433 e. The monoisotopic (exact) mass is 444 g/mol. The van der Waals surface area contributed by atoms with Crippen LogP contribution in [0.25, 0.3) is 11.3 Å². The van der Waals surface area contributed by atoms with E-state index in [1.54, 1.807) is 22.5 Å². The summed E-state index contributed by atoms with van der Waals surface area (Å²) in [7, 11) is 1.77. The second-order valence-corrected chi connectivity index (χ2v) is 8.48. The lowest BCUT2D eigenvalue weighted by molar-refractivity contribution is -0.141. The van der Waals surface area contributed by atoms with Crippen LogP contribution in [0.4, 0.5) is 13.2 Å². The highest BCUT2D eigenvalue weighted by Gasteiger charge is 2.33. The first-order valence-electron chi connectivity index (χ1n) is 10.8.